The van der Waals surface area contributed by atoms with Crippen molar-refractivity contribution in [3.8, 4) is 0 Å². The van der Waals surface area contributed by atoms with E-state index < -0.39 is 5.72 Å². The Morgan fingerprint density at radius 2 is 2.04 bits per heavy atom. The van der Waals surface area contributed by atoms with Crippen molar-refractivity contribution >= 4 is 11.8 Å². The molecule has 3 heterocycles. The van der Waals surface area contributed by atoms with Crippen LogP contribution in [0.15, 0.2) is 24.3 Å². The Morgan fingerprint density at radius 1 is 1.29 bits per heavy atom. The van der Waals surface area contributed by atoms with Crippen molar-refractivity contribution in [3.63, 3.8) is 0 Å². The molecule has 24 heavy (non-hydrogen) atoms. The van der Waals surface area contributed by atoms with Crippen molar-refractivity contribution in [1.29, 1.82) is 0 Å². The number of likely N-dealkylation sites (tertiary alicyclic amines) is 1. The van der Waals surface area contributed by atoms with Crippen molar-refractivity contribution in [1.82, 2.24) is 9.80 Å². The van der Waals surface area contributed by atoms with Crippen LogP contribution in [0, 0.1) is 5.92 Å². The number of ether oxygens (including phenoxy) is 1. The Kier molecular flexibility index (Phi) is 3.64. The van der Waals surface area contributed by atoms with Gasteiger partial charge in [0.25, 0.3) is 5.91 Å². The molecule has 0 radical (unpaired) electrons. The van der Waals surface area contributed by atoms with Gasteiger partial charge in [-0.1, -0.05) is 26.0 Å². The van der Waals surface area contributed by atoms with Gasteiger partial charge in [0.1, 0.15) is 0 Å². The molecule has 2 atom stereocenters. The van der Waals surface area contributed by atoms with E-state index in [0.717, 1.165) is 12.8 Å². The quantitative estimate of drug-likeness (QED) is 0.853. The molecule has 3 aliphatic heterocycles. The summed E-state index contributed by atoms with van der Waals surface area (Å²) >= 11 is 0. The Labute approximate surface area is 142 Å². The fourth-order valence-electron chi connectivity index (χ4n) is 4.46. The summed E-state index contributed by atoms with van der Waals surface area (Å²) in [4.78, 5) is 28.9. The standard InChI is InChI=1S/C19H24N2O3/c1-13(2)11-14-3-5-15(6-4-14)18(23)20-8-7-19-16(20)12-17(22)21(19)9-10-24-19/h3-6,13,16H,7-12H2,1-2H3/t16-,19+/m1/s1. The number of carbonyl (C=O) groups is 2. The Hall–Kier alpha value is -1.88. The third-order valence-electron chi connectivity index (χ3n) is 5.51. The molecule has 3 aliphatic rings. The minimum atomic E-state index is -0.551. The number of carbonyl (C=O) groups excluding carboxylic acids is 2. The van der Waals surface area contributed by atoms with Gasteiger partial charge in [-0.25, -0.2) is 0 Å². The molecule has 0 aromatic heterocycles. The van der Waals surface area contributed by atoms with E-state index in [1.165, 1.54) is 5.56 Å². The predicted molar refractivity (Wildman–Crippen MR) is 89.4 cm³/mol. The molecule has 3 fully saturated rings. The molecule has 1 aromatic carbocycles. The first-order chi connectivity index (χ1) is 11.5. The molecule has 3 saturated heterocycles. The van der Waals surface area contributed by atoms with E-state index in [9.17, 15) is 9.59 Å². The highest BCUT2D eigenvalue weighted by Crippen LogP contribution is 2.45. The SMILES string of the molecule is CC(C)Cc1ccc(C(=O)N2CC[C@@]34OCCN3C(=O)C[C@@H]24)cc1. The molecule has 0 unspecified atom stereocenters. The lowest BCUT2D eigenvalue weighted by molar-refractivity contribution is -0.136. The van der Waals surface area contributed by atoms with Gasteiger partial charge in [-0.2, -0.15) is 0 Å². The smallest absolute Gasteiger partial charge is 0.254 e. The molecular weight excluding hydrogens is 304 g/mol. The zero-order chi connectivity index (χ0) is 16.9. The van der Waals surface area contributed by atoms with Gasteiger partial charge in [0, 0.05) is 25.1 Å². The first-order valence-corrected chi connectivity index (χ1v) is 8.85. The van der Waals surface area contributed by atoms with E-state index in [0.29, 0.717) is 37.6 Å². The van der Waals surface area contributed by atoms with Gasteiger partial charge < -0.3 is 14.5 Å². The Balaban J connectivity index is 1.54. The summed E-state index contributed by atoms with van der Waals surface area (Å²) in [6.07, 6.45) is 2.12. The largest absolute Gasteiger partial charge is 0.351 e. The van der Waals surface area contributed by atoms with Crippen LogP contribution in [0.5, 0.6) is 0 Å². The lowest BCUT2D eigenvalue weighted by Crippen LogP contribution is -2.48. The third kappa shape index (κ3) is 2.25. The minimum absolute atomic E-state index is 0.0121. The van der Waals surface area contributed by atoms with Crippen molar-refractivity contribution in [3.05, 3.63) is 35.4 Å². The van der Waals surface area contributed by atoms with Gasteiger partial charge in [0.2, 0.25) is 5.91 Å². The van der Waals surface area contributed by atoms with E-state index >= 15 is 0 Å². The summed E-state index contributed by atoms with van der Waals surface area (Å²) in [7, 11) is 0. The molecule has 5 nitrogen and oxygen atoms in total. The lowest BCUT2D eigenvalue weighted by Gasteiger charge is -2.31. The summed E-state index contributed by atoms with van der Waals surface area (Å²) in [5, 5.41) is 0. The zero-order valence-corrected chi connectivity index (χ0v) is 14.3. The number of amides is 2. The molecule has 0 bridgehead atoms. The second-order valence-corrected chi connectivity index (χ2v) is 7.50. The molecule has 0 N–H and O–H groups in total. The highest BCUT2D eigenvalue weighted by Gasteiger charge is 2.62. The fraction of sp³-hybridized carbons (Fsp3) is 0.579. The normalized spacial score (nSPS) is 28.6. The van der Waals surface area contributed by atoms with Gasteiger partial charge in [-0.05, 0) is 30.0 Å². The highest BCUT2D eigenvalue weighted by atomic mass is 16.5. The zero-order valence-electron chi connectivity index (χ0n) is 14.3. The molecule has 0 saturated carbocycles. The highest BCUT2D eigenvalue weighted by molar-refractivity contribution is 5.96. The van der Waals surface area contributed by atoms with Gasteiger partial charge in [-0.3, -0.25) is 9.59 Å². The van der Waals surface area contributed by atoms with Crippen LogP contribution in [0.25, 0.3) is 0 Å². The second kappa shape index (κ2) is 5.59. The van der Waals surface area contributed by atoms with Crippen LogP contribution in [0.2, 0.25) is 0 Å². The monoisotopic (exact) mass is 328 g/mol. The molecule has 0 aliphatic carbocycles. The molecule has 128 valence electrons. The summed E-state index contributed by atoms with van der Waals surface area (Å²) in [5.74, 6) is 0.723. The van der Waals surface area contributed by atoms with Gasteiger partial charge >= 0.3 is 0 Å². The number of nitrogens with zero attached hydrogens (tertiary/aromatic N) is 2. The van der Waals surface area contributed by atoms with Crippen LogP contribution in [0.3, 0.4) is 0 Å². The molecular formula is C19H24N2O3. The Bertz CT molecular complexity index is 670. The first-order valence-electron chi connectivity index (χ1n) is 8.85. The van der Waals surface area contributed by atoms with Crippen LogP contribution in [0.1, 0.15) is 42.6 Å². The summed E-state index contributed by atoms with van der Waals surface area (Å²) in [6, 6.07) is 7.76. The van der Waals surface area contributed by atoms with E-state index in [2.05, 4.69) is 13.8 Å². The minimum Gasteiger partial charge on any atom is -0.351 e. The maximum absolute atomic E-state index is 13.0. The molecule has 1 aromatic rings. The summed E-state index contributed by atoms with van der Waals surface area (Å²) < 4.78 is 5.95. The number of benzene rings is 1. The predicted octanol–water partition coefficient (Wildman–Crippen LogP) is 2.06. The van der Waals surface area contributed by atoms with Crippen LogP contribution in [0.4, 0.5) is 0 Å². The number of hydrogen-bond donors (Lipinski definition) is 0. The fourth-order valence-corrected chi connectivity index (χ4v) is 4.46. The third-order valence-corrected chi connectivity index (χ3v) is 5.51. The Morgan fingerprint density at radius 3 is 2.75 bits per heavy atom. The number of hydrogen-bond acceptors (Lipinski definition) is 3. The maximum Gasteiger partial charge on any atom is 0.254 e. The molecule has 1 spiro atoms. The average molecular weight is 328 g/mol. The summed E-state index contributed by atoms with van der Waals surface area (Å²) in [6.45, 7) is 6.26. The second-order valence-electron chi connectivity index (χ2n) is 7.50. The van der Waals surface area contributed by atoms with Crippen LogP contribution in [-0.2, 0) is 16.0 Å². The molecule has 5 heteroatoms. The van der Waals surface area contributed by atoms with E-state index in [-0.39, 0.29) is 17.9 Å². The average Bonchev–Trinajstić information content (AvgIpc) is 3.18. The lowest BCUT2D eigenvalue weighted by atomic mass is 10.0. The van der Waals surface area contributed by atoms with E-state index in [1.54, 1.807) is 0 Å². The van der Waals surface area contributed by atoms with Crippen molar-refractivity contribution in [2.24, 2.45) is 5.92 Å². The van der Waals surface area contributed by atoms with Gasteiger partial charge in [0.15, 0.2) is 5.72 Å². The molecule has 4 rings (SSSR count). The van der Waals surface area contributed by atoms with Crippen LogP contribution >= 0.6 is 0 Å². The van der Waals surface area contributed by atoms with Crippen LogP contribution < -0.4 is 0 Å². The maximum atomic E-state index is 13.0. The van der Waals surface area contributed by atoms with Gasteiger partial charge in [-0.15, -0.1) is 0 Å². The number of rotatable bonds is 3. The van der Waals surface area contributed by atoms with Crippen molar-refractivity contribution < 1.29 is 14.3 Å². The van der Waals surface area contributed by atoms with Crippen molar-refractivity contribution in [2.75, 3.05) is 19.7 Å². The molecule has 2 amide bonds. The topological polar surface area (TPSA) is 49.9 Å². The van der Waals surface area contributed by atoms with Crippen LogP contribution in [-0.4, -0.2) is 53.1 Å². The summed E-state index contributed by atoms with van der Waals surface area (Å²) in [5.41, 5.74) is 1.40. The van der Waals surface area contributed by atoms with E-state index in [4.69, 9.17) is 4.74 Å². The van der Waals surface area contributed by atoms with Gasteiger partial charge in [0.05, 0.1) is 19.1 Å². The van der Waals surface area contributed by atoms with Crippen molar-refractivity contribution in [2.45, 2.75) is 44.9 Å². The van der Waals surface area contributed by atoms with E-state index in [1.807, 2.05) is 34.1 Å². The first kappa shape index (κ1) is 15.6.